The molecule has 2 rings (SSSR count). The molecule has 0 aliphatic carbocycles. The van der Waals surface area contributed by atoms with Gasteiger partial charge in [0.15, 0.2) is 0 Å². The second-order valence-corrected chi connectivity index (χ2v) is 9.63. The molecule has 0 heterocycles. The molecule has 1 N–H and O–H groups in total. The lowest BCUT2D eigenvalue weighted by Crippen LogP contribution is -2.48. The van der Waals surface area contributed by atoms with Crippen molar-refractivity contribution >= 4 is 33.2 Å². The lowest BCUT2D eigenvalue weighted by molar-refractivity contribution is -0.122. The molecule has 0 aliphatic rings. The van der Waals surface area contributed by atoms with E-state index in [1.54, 1.807) is 32.2 Å². The Bertz CT molecular complexity index is 1020. The van der Waals surface area contributed by atoms with Gasteiger partial charge in [-0.1, -0.05) is 36.7 Å². The van der Waals surface area contributed by atoms with Crippen molar-refractivity contribution in [1.29, 1.82) is 0 Å². The van der Waals surface area contributed by atoms with Gasteiger partial charge in [-0.25, -0.2) is 8.42 Å². The Morgan fingerprint density at radius 2 is 1.83 bits per heavy atom. The normalized spacial score (nSPS) is 13.4. The van der Waals surface area contributed by atoms with E-state index in [4.69, 9.17) is 16.3 Å². The molecule has 2 atom stereocenters. The van der Waals surface area contributed by atoms with Gasteiger partial charge in [-0.05, 0) is 62.1 Å². The highest BCUT2D eigenvalue weighted by Gasteiger charge is 2.30. The summed E-state index contributed by atoms with van der Waals surface area (Å²) in [5, 5.41) is 3.42. The highest BCUT2D eigenvalue weighted by molar-refractivity contribution is 7.92. The molecule has 0 bridgehead atoms. The van der Waals surface area contributed by atoms with E-state index in [-0.39, 0.29) is 6.04 Å². The topological polar surface area (TPSA) is 75.7 Å². The summed E-state index contributed by atoms with van der Waals surface area (Å²) >= 11 is 6.19. The van der Waals surface area contributed by atoms with E-state index in [9.17, 15) is 13.2 Å². The van der Waals surface area contributed by atoms with Crippen molar-refractivity contribution in [3.8, 4) is 5.75 Å². The number of methoxy groups -OCH3 is 1. The Balaban J connectivity index is 2.31. The summed E-state index contributed by atoms with van der Waals surface area (Å²) < 4.78 is 31.4. The average Bonchev–Trinajstić information content (AvgIpc) is 2.67. The van der Waals surface area contributed by atoms with Crippen LogP contribution in [0.1, 0.15) is 43.0 Å². The molecule has 8 heteroatoms. The zero-order valence-electron chi connectivity index (χ0n) is 18.2. The van der Waals surface area contributed by atoms with Crippen LogP contribution < -0.4 is 14.4 Å². The molecular weight excluding hydrogens is 424 g/mol. The molecule has 0 fully saturated rings. The molecule has 2 aromatic rings. The molecule has 0 aliphatic heterocycles. The predicted octanol–water partition coefficient (Wildman–Crippen LogP) is 4.39. The third-order valence-electron chi connectivity index (χ3n) is 5.04. The molecule has 2 aromatic carbocycles. The van der Waals surface area contributed by atoms with Gasteiger partial charge in [0, 0.05) is 5.02 Å². The number of benzene rings is 2. The molecular formula is C22H29ClN2O4S. The minimum absolute atomic E-state index is 0.257. The van der Waals surface area contributed by atoms with Gasteiger partial charge in [-0.2, -0.15) is 0 Å². The highest BCUT2D eigenvalue weighted by atomic mass is 35.5. The minimum Gasteiger partial charge on any atom is -0.496 e. The standard InChI is InChI=1S/C22H29ClN2O4S/c1-7-20(17-9-11-21(29-5)15(3)12-17)24-22(26)16(4)25(30(6,27)28)18-10-8-14(2)19(23)13-18/h8-13,16,20H,7H2,1-6H3,(H,24,26)/t16-,20+/m1/s1. The number of nitrogens with one attached hydrogen (secondary N) is 1. The number of carbonyl (C=O) groups is 1. The summed E-state index contributed by atoms with van der Waals surface area (Å²) in [4.78, 5) is 13.0. The van der Waals surface area contributed by atoms with Crippen LogP contribution in [0.3, 0.4) is 0 Å². The Morgan fingerprint density at radius 1 is 1.17 bits per heavy atom. The molecule has 0 radical (unpaired) electrons. The van der Waals surface area contributed by atoms with Crippen LogP contribution in [0.2, 0.25) is 5.02 Å². The summed E-state index contributed by atoms with van der Waals surface area (Å²) in [7, 11) is -2.11. The van der Waals surface area contributed by atoms with Gasteiger partial charge in [-0.15, -0.1) is 0 Å². The molecule has 0 unspecified atom stereocenters. The number of hydrogen-bond acceptors (Lipinski definition) is 4. The maximum Gasteiger partial charge on any atom is 0.244 e. The van der Waals surface area contributed by atoms with E-state index < -0.39 is 22.0 Å². The molecule has 164 valence electrons. The third-order valence-corrected chi connectivity index (χ3v) is 6.69. The fourth-order valence-electron chi connectivity index (χ4n) is 3.36. The summed E-state index contributed by atoms with van der Waals surface area (Å²) in [5.74, 6) is 0.380. The first-order valence-corrected chi connectivity index (χ1v) is 11.9. The lowest BCUT2D eigenvalue weighted by Gasteiger charge is -2.30. The number of aryl methyl sites for hydroxylation is 2. The Hall–Kier alpha value is -2.25. The van der Waals surface area contributed by atoms with Crippen molar-refractivity contribution in [3.05, 3.63) is 58.1 Å². The van der Waals surface area contributed by atoms with E-state index in [2.05, 4.69) is 5.32 Å². The number of rotatable bonds is 8. The van der Waals surface area contributed by atoms with Crippen LogP contribution >= 0.6 is 11.6 Å². The summed E-state index contributed by atoms with van der Waals surface area (Å²) in [6, 6.07) is 9.46. The monoisotopic (exact) mass is 452 g/mol. The Morgan fingerprint density at radius 3 is 2.33 bits per heavy atom. The van der Waals surface area contributed by atoms with Crippen molar-refractivity contribution in [2.45, 2.75) is 46.2 Å². The molecule has 1 amide bonds. The number of amides is 1. The van der Waals surface area contributed by atoms with Crippen LogP contribution in [-0.4, -0.2) is 33.7 Å². The molecule has 6 nitrogen and oxygen atoms in total. The zero-order valence-corrected chi connectivity index (χ0v) is 19.8. The number of nitrogens with zero attached hydrogens (tertiary/aromatic N) is 1. The number of anilines is 1. The van der Waals surface area contributed by atoms with Crippen molar-refractivity contribution in [2.75, 3.05) is 17.7 Å². The summed E-state index contributed by atoms with van der Waals surface area (Å²) in [6.07, 6.45) is 1.73. The SMILES string of the molecule is CC[C@H](NC(=O)[C@@H](C)N(c1ccc(C)c(Cl)c1)S(C)(=O)=O)c1ccc(OC)c(C)c1. The van der Waals surface area contributed by atoms with Crippen LogP contribution in [0.15, 0.2) is 36.4 Å². The fourth-order valence-corrected chi connectivity index (χ4v) is 4.70. The van der Waals surface area contributed by atoms with Crippen LogP contribution in [0.25, 0.3) is 0 Å². The van der Waals surface area contributed by atoms with Gasteiger partial charge < -0.3 is 10.1 Å². The Labute approximate surface area is 184 Å². The van der Waals surface area contributed by atoms with Crippen LogP contribution in [0.4, 0.5) is 5.69 Å². The first-order valence-electron chi connectivity index (χ1n) is 9.70. The van der Waals surface area contributed by atoms with E-state index >= 15 is 0 Å². The van der Waals surface area contributed by atoms with Crippen molar-refractivity contribution < 1.29 is 17.9 Å². The second kappa shape index (κ2) is 9.71. The number of sulfonamides is 1. The van der Waals surface area contributed by atoms with Crippen LogP contribution in [0, 0.1) is 13.8 Å². The molecule has 0 saturated heterocycles. The van der Waals surface area contributed by atoms with Gasteiger partial charge in [0.1, 0.15) is 11.8 Å². The van der Waals surface area contributed by atoms with Crippen molar-refractivity contribution in [1.82, 2.24) is 5.32 Å². The number of carbonyl (C=O) groups excluding carboxylic acids is 1. The van der Waals surface area contributed by atoms with Crippen molar-refractivity contribution in [2.24, 2.45) is 0 Å². The maximum absolute atomic E-state index is 13.0. The van der Waals surface area contributed by atoms with E-state index in [0.717, 1.165) is 33.0 Å². The van der Waals surface area contributed by atoms with Crippen molar-refractivity contribution in [3.63, 3.8) is 0 Å². The maximum atomic E-state index is 13.0. The van der Waals surface area contributed by atoms with Crippen LogP contribution in [0.5, 0.6) is 5.75 Å². The first kappa shape index (κ1) is 24.0. The predicted molar refractivity (Wildman–Crippen MR) is 122 cm³/mol. The molecule has 0 saturated carbocycles. The fraction of sp³-hybridized carbons (Fsp3) is 0.409. The Kier molecular flexibility index (Phi) is 7.77. The first-order chi connectivity index (χ1) is 14.0. The zero-order chi connectivity index (χ0) is 22.6. The molecule has 0 spiro atoms. The summed E-state index contributed by atoms with van der Waals surface area (Å²) in [5.41, 5.74) is 3.07. The summed E-state index contributed by atoms with van der Waals surface area (Å²) in [6.45, 7) is 7.29. The largest absolute Gasteiger partial charge is 0.496 e. The van der Waals surface area contributed by atoms with Gasteiger partial charge in [0.25, 0.3) is 0 Å². The lowest BCUT2D eigenvalue weighted by atomic mass is 10.0. The molecule has 30 heavy (non-hydrogen) atoms. The third kappa shape index (κ3) is 5.46. The average molecular weight is 453 g/mol. The van der Waals surface area contributed by atoms with E-state index in [1.807, 2.05) is 39.0 Å². The number of ether oxygens (including phenoxy) is 1. The smallest absolute Gasteiger partial charge is 0.244 e. The number of hydrogen-bond donors (Lipinski definition) is 1. The van der Waals surface area contributed by atoms with E-state index in [0.29, 0.717) is 17.1 Å². The second-order valence-electron chi connectivity index (χ2n) is 7.37. The molecule has 0 aromatic heterocycles. The van der Waals surface area contributed by atoms with Gasteiger partial charge >= 0.3 is 0 Å². The van der Waals surface area contributed by atoms with E-state index in [1.165, 1.54) is 0 Å². The van der Waals surface area contributed by atoms with Gasteiger partial charge in [0.2, 0.25) is 15.9 Å². The minimum atomic E-state index is -3.72. The van der Waals surface area contributed by atoms with Gasteiger partial charge in [-0.3, -0.25) is 9.10 Å². The van der Waals surface area contributed by atoms with Gasteiger partial charge in [0.05, 0.1) is 25.1 Å². The number of halogens is 1. The quantitative estimate of drug-likeness (QED) is 0.644. The highest BCUT2D eigenvalue weighted by Crippen LogP contribution is 2.28. The van der Waals surface area contributed by atoms with Crippen LogP contribution in [-0.2, 0) is 14.8 Å².